The number of hydrogen-bond donors (Lipinski definition) is 0. The van der Waals surface area contributed by atoms with Gasteiger partial charge < -0.3 is 0 Å². The summed E-state index contributed by atoms with van der Waals surface area (Å²) in [4.78, 5) is 0.328. The molecule has 0 aliphatic rings. The summed E-state index contributed by atoms with van der Waals surface area (Å²) in [5.41, 5.74) is 2.31. The van der Waals surface area contributed by atoms with Crippen LogP contribution < -0.4 is 0 Å². The van der Waals surface area contributed by atoms with E-state index in [0.29, 0.717) is 4.90 Å². The van der Waals surface area contributed by atoms with E-state index in [1.54, 1.807) is 12.1 Å². The molecule has 0 atom stereocenters. The Balaban J connectivity index is 0.00000106. The van der Waals surface area contributed by atoms with Crippen molar-refractivity contribution in [2.75, 3.05) is 14.1 Å². The van der Waals surface area contributed by atoms with Gasteiger partial charge in [0.2, 0.25) is 10.0 Å². The maximum absolute atomic E-state index is 11.9. The van der Waals surface area contributed by atoms with Crippen LogP contribution in [-0.2, 0) is 16.4 Å². The number of rotatable bonds is 4. The summed E-state index contributed by atoms with van der Waals surface area (Å²) in [6.45, 7) is 4.00. The van der Waals surface area contributed by atoms with Crippen molar-refractivity contribution >= 4 is 10.0 Å². The van der Waals surface area contributed by atoms with E-state index in [4.69, 9.17) is 0 Å². The molecule has 0 heterocycles. The van der Waals surface area contributed by atoms with Crippen molar-refractivity contribution < 1.29 is 8.42 Å². The molecule has 0 unspecified atom stereocenters. The highest BCUT2D eigenvalue weighted by atomic mass is 32.2. The van der Waals surface area contributed by atoms with Gasteiger partial charge in [0, 0.05) is 14.1 Å². The molecule has 0 amide bonds. The number of benzene rings is 2. The van der Waals surface area contributed by atoms with Crippen LogP contribution in [0.5, 0.6) is 0 Å². The lowest BCUT2D eigenvalue weighted by molar-refractivity contribution is 0.520. The fourth-order valence-electron chi connectivity index (χ4n) is 1.82. The number of nitrogens with zero attached hydrogens (tertiary/aromatic N) is 1. The average Bonchev–Trinajstić information content (AvgIpc) is 2.51. The fourth-order valence-corrected chi connectivity index (χ4v) is 2.72. The molecule has 2 aromatic rings. The third kappa shape index (κ3) is 4.69. The molecule has 0 saturated heterocycles. The molecule has 0 saturated carbocycles. The van der Waals surface area contributed by atoms with Gasteiger partial charge in [-0.25, -0.2) is 12.7 Å². The summed E-state index contributed by atoms with van der Waals surface area (Å²) >= 11 is 0. The smallest absolute Gasteiger partial charge is 0.207 e. The van der Waals surface area contributed by atoms with Gasteiger partial charge in [-0.2, -0.15) is 0 Å². The standard InChI is InChI=1S/C15H17NO2S.C2H6/c1-16(2)19(17,18)15-10-8-14(9-11-15)12-13-6-4-3-5-7-13;1-2/h3-11H,12H2,1-2H3;1-2H3. The maximum Gasteiger partial charge on any atom is 0.242 e. The Labute approximate surface area is 128 Å². The molecule has 2 aromatic carbocycles. The van der Waals surface area contributed by atoms with Crippen LogP contribution in [0.2, 0.25) is 0 Å². The largest absolute Gasteiger partial charge is 0.242 e. The minimum absolute atomic E-state index is 0.328. The predicted molar refractivity (Wildman–Crippen MR) is 87.9 cm³/mol. The van der Waals surface area contributed by atoms with E-state index >= 15 is 0 Å². The van der Waals surface area contributed by atoms with E-state index in [-0.39, 0.29) is 0 Å². The first-order valence-electron chi connectivity index (χ1n) is 7.05. The molecule has 0 bridgehead atoms. The quantitative estimate of drug-likeness (QED) is 0.866. The molecule has 0 aliphatic carbocycles. The van der Waals surface area contributed by atoms with Gasteiger partial charge in [0.25, 0.3) is 0 Å². The van der Waals surface area contributed by atoms with E-state index in [2.05, 4.69) is 12.1 Å². The van der Waals surface area contributed by atoms with E-state index in [1.807, 2.05) is 44.2 Å². The van der Waals surface area contributed by atoms with E-state index in [9.17, 15) is 8.42 Å². The normalized spacial score (nSPS) is 10.9. The van der Waals surface area contributed by atoms with Gasteiger partial charge >= 0.3 is 0 Å². The predicted octanol–water partition coefficient (Wildman–Crippen LogP) is 3.55. The highest BCUT2D eigenvalue weighted by molar-refractivity contribution is 7.89. The van der Waals surface area contributed by atoms with Crippen molar-refractivity contribution in [3.8, 4) is 0 Å². The summed E-state index contributed by atoms with van der Waals surface area (Å²) in [6, 6.07) is 17.2. The zero-order valence-electron chi connectivity index (χ0n) is 13.1. The number of sulfonamides is 1. The van der Waals surface area contributed by atoms with Crippen molar-refractivity contribution in [2.24, 2.45) is 0 Å². The molecule has 0 radical (unpaired) electrons. The lowest BCUT2D eigenvalue weighted by Gasteiger charge is -2.11. The van der Waals surface area contributed by atoms with Gasteiger partial charge in [-0.15, -0.1) is 0 Å². The monoisotopic (exact) mass is 305 g/mol. The van der Waals surface area contributed by atoms with Crippen molar-refractivity contribution in [2.45, 2.75) is 25.2 Å². The molecular formula is C17H23NO2S. The highest BCUT2D eigenvalue weighted by Gasteiger charge is 2.16. The van der Waals surface area contributed by atoms with Gasteiger partial charge in [0.05, 0.1) is 4.90 Å². The summed E-state index contributed by atoms with van der Waals surface area (Å²) in [5.74, 6) is 0. The lowest BCUT2D eigenvalue weighted by atomic mass is 10.1. The summed E-state index contributed by atoms with van der Waals surface area (Å²) in [5, 5.41) is 0. The van der Waals surface area contributed by atoms with Gasteiger partial charge in [-0.3, -0.25) is 0 Å². The maximum atomic E-state index is 11.9. The second-order valence-corrected chi connectivity index (χ2v) is 6.75. The molecular weight excluding hydrogens is 282 g/mol. The highest BCUT2D eigenvalue weighted by Crippen LogP contribution is 2.16. The Bertz CT molecular complexity index is 632. The minimum Gasteiger partial charge on any atom is -0.207 e. The van der Waals surface area contributed by atoms with Gasteiger partial charge in [-0.1, -0.05) is 56.3 Å². The van der Waals surface area contributed by atoms with Crippen LogP contribution in [0.4, 0.5) is 0 Å². The Hall–Kier alpha value is -1.65. The molecule has 0 aromatic heterocycles. The molecule has 21 heavy (non-hydrogen) atoms. The number of hydrogen-bond acceptors (Lipinski definition) is 2. The summed E-state index contributed by atoms with van der Waals surface area (Å²) < 4.78 is 25.1. The van der Waals surface area contributed by atoms with Gasteiger partial charge in [-0.05, 0) is 29.7 Å². The second kappa shape index (κ2) is 7.96. The van der Waals surface area contributed by atoms with Crippen LogP contribution in [-0.4, -0.2) is 26.8 Å². The van der Waals surface area contributed by atoms with E-state index in [0.717, 1.165) is 12.0 Å². The first-order valence-corrected chi connectivity index (χ1v) is 8.49. The zero-order chi connectivity index (χ0) is 15.9. The summed E-state index contributed by atoms with van der Waals surface area (Å²) in [7, 11) is -0.263. The van der Waals surface area contributed by atoms with Crippen molar-refractivity contribution in [3.63, 3.8) is 0 Å². The average molecular weight is 305 g/mol. The van der Waals surface area contributed by atoms with Crippen molar-refractivity contribution in [1.82, 2.24) is 4.31 Å². The fraction of sp³-hybridized carbons (Fsp3) is 0.294. The first-order chi connectivity index (χ1) is 10.00. The SMILES string of the molecule is CC.CN(C)S(=O)(=O)c1ccc(Cc2ccccc2)cc1. The molecule has 114 valence electrons. The lowest BCUT2D eigenvalue weighted by Crippen LogP contribution is -2.22. The Kier molecular flexibility index (Phi) is 6.59. The van der Waals surface area contributed by atoms with Crippen LogP contribution in [0.15, 0.2) is 59.5 Å². The molecule has 2 rings (SSSR count). The van der Waals surface area contributed by atoms with E-state index < -0.39 is 10.0 Å². The second-order valence-electron chi connectivity index (χ2n) is 4.59. The Morgan fingerprint density at radius 1 is 0.810 bits per heavy atom. The Morgan fingerprint density at radius 3 is 1.76 bits per heavy atom. The van der Waals surface area contributed by atoms with Crippen LogP contribution in [0.25, 0.3) is 0 Å². The molecule has 0 N–H and O–H groups in total. The van der Waals surface area contributed by atoms with Crippen LogP contribution in [0, 0.1) is 0 Å². The van der Waals surface area contributed by atoms with Gasteiger partial charge in [0.1, 0.15) is 0 Å². The van der Waals surface area contributed by atoms with Crippen LogP contribution in [0.3, 0.4) is 0 Å². The Morgan fingerprint density at radius 2 is 1.29 bits per heavy atom. The van der Waals surface area contributed by atoms with Crippen LogP contribution >= 0.6 is 0 Å². The zero-order valence-corrected chi connectivity index (χ0v) is 13.9. The summed E-state index contributed by atoms with van der Waals surface area (Å²) in [6.07, 6.45) is 0.809. The molecule has 4 heteroatoms. The van der Waals surface area contributed by atoms with Crippen molar-refractivity contribution in [1.29, 1.82) is 0 Å². The third-order valence-corrected chi connectivity index (χ3v) is 4.78. The third-order valence-electron chi connectivity index (χ3n) is 2.95. The van der Waals surface area contributed by atoms with Gasteiger partial charge in [0.15, 0.2) is 0 Å². The minimum atomic E-state index is -3.33. The van der Waals surface area contributed by atoms with Crippen LogP contribution in [0.1, 0.15) is 25.0 Å². The van der Waals surface area contributed by atoms with E-state index in [1.165, 1.54) is 24.0 Å². The molecule has 0 fully saturated rings. The van der Waals surface area contributed by atoms with Crippen molar-refractivity contribution in [3.05, 3.63) is 65.7 Å². The topological polar surface area (TPSA) is 37.4 Å². The molecule has 3 nitrogen and oxygen atoms in total. The molecule has 0 aliphatic heterocycles. The molecule has 0 spiro atoms. The first kappa shape index (κ1) is 17.4.